The molecule has 1 unspecified atom stereocenters. The second kappa shape index (κ2) is 3.79. The van der Waals surface area contributed by atoms with Crippen LogP contribution in [0.4, 0.5) is 5.69 Å². The summed E-state index contributed by atoms with van der Waals surface area (Å²) in [5, 5.41) is 0. The molecule has 1 nitrogen and oxygen atoms in total. The number of benzene rings is 1. The van der Waals surface area contributed by atoms with Gasteiger partial charge in [0, 0.05) is 12.1 Å². The zero-order valence-corrected chi connectivity index (χ0v) is 8.70. The summed E-state index contributed by atoms with van der Waals surface area (Å²) >= 11 is 0. The first-order chi connectivity index (χ1) is 6.77. The molecule has 1 heterocycles. The fourth-order valence-corrected chi connectivity index (χ4v) is 1.72. The van der Waals surface area contributed by atoms with E-state index in [0.29, 0.717) is 5.92 Å². The lowest BCUT2D eigenvalue weighted by molar-refractivity contribution is 0.938. The van der Waals surface area contributed by atoms with Crippen LogP contribution in [0.25, 0.3) is 0 Å². The SMILES string of the molecule is CC(C)=CCC1C=Nc2ccccc21. The first-order valence-electron chi connectivity index (χ1n) is 5.04. The average Bonchev–Trinajstić information content (AvgIpc) is 2.58. The van der Waals surface area contributed by atoms with Crippen LogP contribution in [-0.4, -0.2) is 6.21 Å². The molecule has 1 heteroatoms. The number of rotatable bonds is 2. The lowest BCUT2D eigenvalue weighted by Gasteiger charge is -2.05. The fraction of sp³-hybridized carbons (Fsp3) is 0.308. The minimum atomic E-state index is 0.487. The predicted molar refractivity (Wildman–Crippen MR) is 61.4 cm³/mol. The quantitative estimate of drug-likeness (QED) is 0.621. The molecule has 72 valence electrons. The van der Waals surface area contributed by atoms with Gasteiger partial charge in [0.15, 0.2) is 0 Å². The van der Waals surface area contributed by atoms with Crippen LogP contribution in [0.3, 0.4) is 0 Å². The molecular formula is C13H15N. The summed E-state index contributed by atoms with van der Waals surface area (Å²) in [6.45, 7) is 4.27. The number of fused-ring (bicyclic) bond motifs is 1. The second-order valence-corrected chi connectivity index (χ2v) is 3.96. The van der Waals surface area contributed by atoms with Gasteiger partial charge >= 0.3 is 0 Å². The van der Waals surface area contributed by atoms with Crippen molar-refractivity contribution >= 4 is 11.9 Å². The van der Waals surface area contributed by atoms with E-state index in [0.717, 1.165) is 12.1 Å². The summed E-state index contributed by atoms with van der Waals surface area (Å²) < 4.78 is 0. The van der Waals surface area contributed by atoms with E-state index in [2.05, 4.69) is 49.3 Å². The molecule has 0 aromatic heterocycles. The van der Waals surface area contributed by atoms with E-state index < -0.39 is 0 Å². The molecule has 0 N–H and O–H groups in total. The molecule has 0 aliphatic carbocycles. The van der Waals surface area contributed by atoms with Gasteiger partial charge in [0.25, 0.3) is 0 Å². The Balaban J connectivity index is 2.19. The number of para-hydroxylation sites is 1. The Morgan fingerprint density at radius 1 is 1.36 bits per heavy atom. The Morgan fingerprint density at radius 3 is 2.93 bits per heavy atom. The van der Waals surface area contributed by atoms with Gasteiger partial charge in [-0.25, -0.2) is 0 Å². The maximum absolute atomic E-state index is 4.40. The van der Waals surface area contributed by atoms with Crippen LogP contribution in [0.2, 0.25) is 0 Å². The van der Waals surface area contributed by atoms with Crippen LogP contribution >= 0.6 is 0 Å². The van der Waals surface area contributed by atoms with E-state index in [9.17, 15) is 0 Å². The average molecular weight is 185 g/mol. The van der Waals surface area contributed by atoms with Gasteiger partial charge in [-0.3, -0.25) is 4.99 Å². The van der Waals surface area contributed by atoms with Crippen LogP contribution in [0.5, 0.6) is 0 Å². The van der Waals surface area contributed by atoms with E-state index in [1.54, 1.807) is 0 Å². The van der Waals surface area contributed by atoms with Crippen molar-refractivity contribution in [3.63, 3.8) is 0 Å². The van der Waals surface area contributed by atoms with Crippen LogP contribution in [0.1, 0.15) is 31.7 Å². The molecule has 14 heavy (non-hydrogen) atoms. The van der Waals surface area contributed by atoms with Crippen molar-refractivity contribution < 1.29 is 0 Å². The van der Waals surface area contributed by atoms with Gasteiger partial charge in [0.2, 0.25) is 0 Å². The lowest BCUT2D eigenvalue weighted by Crippen LogP contribution is -1.93. The standard InChI is InChI=1S/C13H15N/c1-10(2)7-8-11-9-14-13-6-4-3-5-12(11)13/h3-7,9,11H,8H2,1-2H3. The normalized spacial score (nSPS) is 18.0. The van der Waals surface area contributed by atoms with Crippen molar-refractivity contribution in [3.8, 4) is 0 Å². The number of hydrogen-bond donors (Lipinski definition) is 0. The lowest BCUT2D eigenvalue weighted by atomic mass is 9.97. The Labute approximate surface area is 85.2 Å². The topological polar surface area (TPSA) is 12.4 Å². The third-order valence-electron chi connectivity index (χ3n) is 2.51. The van der Waals surface area contributed by atoms with Crippen molar-refractivity contribution in [1.82, 2.24) is 0 Å². The molecule has 0 amide bonds. The van der Waals surface area contributed by atoms with Gasteiger partial charge in [-0.05, 0) is 31.9 Å². The Bertz CT molecular complexity index is 384. The number of aliphatic imine (C=N–C) groups is 1. The minimum absolute atomic E-state index is 0.487. The third kappa shape index (κ3) is 1.77. The molecule has 1 atom stereocenters. The largest absolute Gasteiger partial charge is 0.260 e. The van der Waals surface area contributed by atoms with Gasteiger partial charge in [0.05, 0.1) is 5.69 Å². The molecule has 0 fully saturated rings. The monoisotopic (exact) mass is 185 g/mol. The summed E-state index contributed by atoms with van der Waals surface area (Å²) in [5.41, 5.74) is 3.88. The molecule has 1 aliphatic heterocycles. The van der Waals surface area contributed by atoms with Gasteiger partial charge in [-0.2, -0.15) is 0 Å². The first kappa shape index (κ1) is 9.20. The van der Waals surface area contributed by atoms with Crippen molar-refractivity contribution in [1.29, 1.82) is 0 Å². The van der Waals surface area contributed by atoms with E-state index in [4.69, 9.17) is 0 Å². The summed E-state index contributed by atoms with van der Waals surface area (Å²) in [7, 11) is 0. The van der Waals surface area contributed by atoms with E-state index in [-0.39, 0.29) is 0 Å². The minimum Gasteiger partial charge on any atom is -0.260 e. The summed E-state index contributed by atoms with van der Waals surface area (Å²) in [6.07, 6.45) is 5.41. The molecule has 0 saturated heterocycles. The zero-order chi connectivity index (χ0) is 9.97. The molecule has 2 rings (SSSR count). The Hall–Kier alpha value is -1.37. The molecule has 1 aliphatic rings. The van der Waals surface area contributed by atoms with Crippen LogP contribution in [0.15, 0.2) is 40.9 Å². The number of allylic oxidation sites excluding steroid dienone is 2. The smallest absolute Gasteiger partial charge is 0.0664 e. The highest BCUT2D eigenvalue weighted by Gasteiger charge is 2.16. The highest BCUT2D eigenvalue weighted by atomic mass is 14.8. The fourth-order valence-electron chi connectivity index (χ4n) is 1.72. The molecular weight excluding hydrogens is 170 g/mol. The molecule has 0 spiro atoms. The Kier molecular flexibility index (Phi) is 2.49. The molecule has 0 saturated carbocycles. The van der Waals surface area contributed by atoms with Crippen molar-refractivity contribution in [2.75, 3.05) is 0 Å². The maximum Gasteiger partial charge on any atom is 0.0664 e. The highest BCUT2D eigenvalue weighted by molar-refractivity contribution is 5.80. The van der Waals surface area contributed by atoms with E-state index in [1.807, 2.05) is 6.07 Å². The summed E-state index contributed by atoms with van der Waals surface area (Å²) in [5.74, 6) is 0.487. The van der Waals surface area contributed by atoms with Crippen LogP contribution in [0, 0.1) is 0 Å². The molecule has 0 radical (unpaired) electrons. The summed E-state index contributed by atoms with van der Waals surface area (Å²) in [4.78, 5) is 4.40. The van der Waals surface area contributed by atoms with Crippen molar-refractivity contribution in [2.45, 2.75) is 26.2 Å². The maximum atomic E-state index is 4.40. The van der Waals surface area contributed by atoms with E-state index in [1.165, 1.54) is 11.1 Å². The van der Waals surface area contributed by atoms with Gasteiger partial charge in [0.1, 0.15) is 0 Å². The second-order valence-electron chi connectivity index (χ2n) is 3.96. The van der Waals surface area contributed by atoms with Gasteiger partial charge < -0.3 is 0 Å². The van der Waals surface area contributed by atoms with Crippen LogP contribution < -0.4 is 0 Å². The van der Waals surface area contributed by atoms with Crippen molar-refractivity contribution in [2.24, 2.45) is 4.99 Å². The predicted octanol–water partition coefficient (Wildman–Crippen LogP) is 3.84. The number of hydrogen-bond acceptors (Lipinski definition) is 1. The number of nitrogens with zero attached hydrogens (tertiary/aromatic N) is 1. The molecule has 1 aromatic carbocycles. The molecule has 0 bridgehead atoms. The van der Waals surface area contributed by atoms with Crippen molar-refractivity contribution in [3.05, 3.63) is 41.5 Å². The van der Waals surface area contributed by atoms with Gasteiger partial charge in [-0.15, -0.1) is 0 Å². The van der Waals surface area contributed by atoms with E-state index >= 15 is 0 Å². The third-order valence-corrected chi connectivity index (χ3v) is 2.51. The summed E-state index contributed by atoms with van der Waals surface area (Å²) in [6, 6.07) is 8.38. The first-order valence-corrected chi connectivity index (χ1v) is 5.04. The molecule has 1 aromatic rings. The van der Waals surface area contributed by atoms with Gasteiger partial charge in [-0.1, -0.05) is 29.8 Å². The highest BCUT2D eigenvalue weighted by Crippen LogP contribution is 2.33. The Morgan fingerprint density at radius 2 is 2.14 bits per heavy atom. The van der Waals surface area contributed by atoms with Crippen LogP contribution in [-0.2, 0) is 0 Å². The zero-order valence-electron chi connectivity index (χ0n) is 8.70.